The van der Waals surface area contributed by atoms with E-state index in [1.54, 1.807) is 42.5 Å². The zero-order valence-electron chi connectivity index (χ0n) is 17.7. The highest BCUT2D eigenvalue weighted by atomic mass is 35.5. The normalized spacial score (nSPS) is 12.0. The molecule has 1 atom stereocenters. The molecular weight excluding hydrogens is 426 g/mol. The standard InChI is InChI=1S/C25H22ClN3O3/c1-16-12-13-19(14-21(16)26)29-24(31)20-10-6-7-11-22(20)28(25(29)32)15-23(30)27-17(2)18-8-4-3-5-9-18/h3-14,17H,15H2,1-2H3,(H,27,30). The molecule has 7 heteroatoms. The van der Waals surface area contributed by atoms with Crippen LogP contribution in [0.15, 0.2) is 82.4 Å². The summed E-state index contributed by atoms with van der Waals surface area (Å²) >= 11 is 6.24. The maximum atomic E-state index is 13.4. The molecule has 0 aliphatic carbocycles. The van der Waals surface area contributed by atoms with E-state index < -0.39 is 11.2 Å². The Morgan fingerprint density at radius 1 is 1.00 bits per heavy atom. The Balaban J connectivity index is 1.79. The molecule has 1 unspecified atom stereocenters. The van der Waals surface area contributed by atoms with Gasteiger partial charge in [-0.3, -0.25) is 14.2 Å². The maximum absolute atomic E-state index is 13.4. The third kappa shape index (κ3) is 4.09. The second kappa shape index (κ2) is 8.85. The number of fused-ring (bicyclic) bond motifs is 1. The second-order valence-electron chi connectivity index (χ2n) is 7.66. The minimum absolute atomic E-state index is 0.226. The van der Waals surface area contributed by atoms with E-state index in [0.29, 0.717) is 21.6 Å². The van der Waals surface area contributed by atoms with Gasteiger partial charge in [0.15, 0.2) is 0 Å². The fourth-order valence-electron chi connectivity index (χ4n) is 3.68. The van der Waals surface area contributed by atoms with Crippen molar-refractivity contribution in [2.24, 2.45) is 0 Å². The number of amides is 1. The average molecular weight is 448 g/mol. The Morgan fingerprint density at radius 3 is 2.41 bits per heavy atom. The number of nitrogens with zero attached hydrogens (tertiary/aromatic N) is 2. The first-order chi connectivity index (χ1) is 15.4. The summed E-state index contributed by atoms with van der Waals surface area (Å²) in [6.45, 7) is 3.49. The van der Waals surface area contributed by atoms with Crippen LogP contribution in [-0.2, 0) is 11.3 Å². The Hall–Kier alpha value is -3.64. The summed E-state index contributed by atoms with van der Waals surface area (Å²) in [5.41, 5.74) is 1.49. The number of aromatic nitrogens is 2. The van der Waals surface area contributed by atoms with Gasteiger partial charge in [0.2, 0.25) is 5.91 Å². The van der Waals surface area contributed by atoms with Crippen LogP contribution in [-0.4, -0.2) is 15.0 Å². The lowest BCUT2D eigenvalue weighted by molar-refractivity contribution is -0.122. The van der Waals surface area contributed by atoms with Gasteiger partial charge in [-0.15, -0.1) is 0 Å². The third-order valence-corrected chi connectivity index (χ3v) is 5.85. The minimum Gasteiger partial charge on any atom is -0.348 e. The molecule has 0 aliphatic rings. The molecule has 1 amide bonds. The quantitative estimate of drug-likeness (QED) is 0.502. The van der Waals surface area contributed by atoms with E-state index in [4.69, 9.17) is 11.6 Å². The number of hydrogen-bond acceptors (Lipinski definition) is 3. The van der Waals surface area contributed by atoms with Crippen molar-refractivity contribution < 1.29 is 4.79 Å². The second-order valence-corrected chi connectivity index (χ2v) is 8.07. The SMILES string of the molecule is Cc1ccc(-n2c(=O)c3ccccc3n(CC(=O)NC(C)c3ccccc3)c2=O)cc1Cl. The predicted molar refractivity (Wildman–Crippen MR) is 127 cm³/mol. The molecule has 3 aromatic carbocycles. The molecule has 0 fully saturated rings. The zero-order chi connectivity index (χ0) is 22.8. The predicted octanol–water partition coefficient (Wildman–Crippen LogP) is 3.99. The van der Waals surface area contributed by atoms with E-state index in [-0.39, 0.29) is 18.5 Å². The number of nitrogens with one attached hydrogen (secondary N) is 1. The van der Waals surface area contributed by atoms with Crippen molar-refractivity contribution in [3.05, 3.63) is 110 Å². The molecule has 6 nitrogen and oxygen atoms in total. The largest absolute Gasteiger partial charge is 0.348 e. The van der Waals surface area contributed by atoms with Crippen LogP contribution < -0.4 is 16.6 Å². The smallest absolute Gasteiger partial charge is 0.336 e. The molecule has 1 heterocycles. The first-order valence-corrected chi connectivity index (χ1v) is 10.6. The fourth-order valence-corrected chi connectivity index (χ4v) is 3.85. The summed E-state index contributed by atoms with van der Waals surface area (Å²) in [5, 5.41) is 3.71. The van der Waals surface area contributed by atoms with Gasteiger partial charge >= 0.3 is 5.69 Å². The molecule has 0 saturated carbocycles. The molecule has 0 bridgehead atoms. The van der Waals surface area contributed by atoms with Crippen LogP contribution in [0, 0.1) is 6.92 Å². The van der Waals surface area contributed by atoms with Crippen molar-refractivity contribution in [1.82, 2.24) is 14.5 Å². The molecular formula is C25H22ClN3O3. The van der Waals surface area contributed by atoms with Crippen LogP contribution in [0.25, 0.3) is 16.6 Å². The number of carbonyl (C=O) groups excluding carboxylic acids is 1. The van der Waals surface area contributed by atoms with Crippen molar-refractivity contribution in [3.63, 3.8) is 0 Å². The first kappa shape index (κ1) is 21.6. The molecule has 0 radical (unpaired) electrons. The van der Waals surface area contributed by atoms with E-state index in [9.17, 15) is 14.4 Å². The molecule has 4 aromatic rings. The van der Waals surface area contributed by atoms with Gasteiger partial charge in [-0.2, -0.15) is 0 Å². The number of carbonyl (C=O) groups is 1. The van der Waals surface area contributed by atoms with Gasteiger partial charge in [0.25, 0.3) is 5.56 Å². The van der Waals surface area contributed by atoms with E-state index in [0.717, 1.165) is 15.7 Å². The van der Waals surface area contributed by atoms with Gasteiger partial charge in [0, 0.05) is 5.02 Å². The molecule has 32 heavy (non-hydrogen) atoms. The molecule has 4 rings (SSSR count). The fraction of sp³-hybridized carbons (Fsp3) is 0.160. The van der Waals surface area contributed by atoms with Crippen LogP contribution in [0.3, 0.4) is 0 Å². The van der Waals surface area contributed by atoms with Crippen LogP contribution >= 0.6 is 11.6 Å². The maximum Gasteiger partial charge on any atom is 0.336 e. The van der Waals surface area contributed by atoms with Crippen molar-refractivity contribution in [1.29, 1.82) is 0 Å². The lowest BCUT2D eigenvalue weighted by Gasteiger charge is -2.17. The summed E-state index contributed by atoms with van der Waals surface area (Å²) in [6.07, 6.45) is 0. The number of hydrogen-bond donors (Lipinski definition) is 1. The highest BCUT2D eigenvalue weighted by Crippen LogP contribution is 2.19. The van der Waals surface area contributed by atoms with Crippen molar-refractivity contribution in [2.75, 3.05) is 0 Å². The molecule has 1 N–H and O–H groups in total. The number of para-hydroxylation sites is 1. The molecule has 0 saturated heterocycles. The van der Waals surface area contributed by atoms with Gasteiger partial charge in [0.1, 0.15) is 6.54 Å². The van der Waals surface area contributed by atoms with Gasteiger partial charge < -0.3 is 5.32 Å². The van der Waals surface area contributed by atoms with E-state index in [1.807, 2.05) is 44.2 Å². The Morgan fingerprint density at radius 2 is 1.69 bits per heavy atom. The van der Waals surface area contributed by atoms with Crippen LogP contribution in [0.5, 0.6) is 0 Å². The molecule has 162 valence electrons. The Bertz CT molecular complexity index is 1420. The summed E-state index contributed by atoms with van der Waals surface area (Å²) in [4.78, 5) is 39.4. The van der Waals surface area contributed by atoms with Gasteiger partial charge in [0.05, 0.1) is 22.6 Å². The van der Waals surface area contributed by atoms with Crippen LogP contribution in [0.1, 0.15) is 24.1 Å². The molecule has 0 aliphatic heterocycles. The van der Waals surface area contributed by atoms with E-state index in [1.165, 1.54) is 4.57 Å². The zero-order valence-corrected chi connectivity index (χ0v) is 18.5. The summed E-state index contributed by atoms with van der Waals surface area (Å²) < 4.78 is 2.37. The average Bonchev–Trinajstić information content (AvgIpc) is 2.79. The van der Waals surface area contributed by atoms with Crippen molar-refractivity contribution in [2.45, 2.75) is 26.4 Å². The number of halogens is 1. The Kier molecular flexibility index (Phi) is 5.97. The summed E-state index contributed by atoms with van der Waals surface area (Å²) in [6, 6.07) is 21.1. The van der Waals surface area contributed by atoms with Gasteiger partial charge in [-0.05, 0) is 49.2 Å². The highest BCUT2D eigenvalue weighted by Gasteiger charge is 2.18. The van der Waals surface area contributed by atoms with Gasteiger partial charge in [-0.1, -0.05) is 60.1 Å². The molecule has 0 spiro atoms. The van der Waals surface area contributed by atoms with Crippen molar-refractivity contribution in [3.8, 4) is 5.69 Å². The number of rotatable bonds is 5. The summed E-state index contributed by atoms with van der Waals surface area (Å²) in [5.74, 6) is -0.333. The number of aryl methyl sites for hydroxylation is 1. The minimum atomic E-state index is -0.601. The topological polar surface area (TPSA) is 73.1 Å². The van der Waals surface area contributed by atoms with Crippen LogP contribution in [0.4, 0.5) is 0 Å². The highest BCUT2D eigenvalue weighted by molar-refractivity contribution is 6.31. The van der Waals surface area contributed by atoms with E-state index >= 15 is 0 Å². The third-order valence-electron chi connectivity index (χ3n) is 5.44. The monoisotopic (exact) mass is 447 g/mol. The molecule has 1 aromatic heterocycles. The van der Waals surface area contributed by atoms with Crippen LogP contribution in [0.2, 0.25) is 5.02 Å². The van der Waals surface area contributed by atoms with E-state index in [2.05, 4.69) is 5.32 Å². The Labute approximate surface area is 189 Å². The first-order valence-electron chi connectivity index (χ1n) is 10.2. The summed E-state index contributed by atoms with van der Waals surface area (Å²) in [7, 11) is 0. The van der Waals surface area contributed by atoms with Gasteiger partial charge in [-0.25, -0.2) is 9.36 Å². The number of benzene rings is 3. The lowest BCUT2D eigenvalue weighted by atomic mass is 10.1. The lowest BCUT2D eigenvalue weighted by Crippen LogP contribution is -2.42. The van der Waals surface area contributed by atoms with Crippen molar-refractivity contribution >= 4 is 28.4 Å².